The van der Waals surface area contributed by atoms with Gasteiger partial charge >= 0.3 is 0 Å². The van der Waals surface area contributed by atoms with Gasteiger partial charge in [-0.1, -0.05) is 60.7 Å². The van der Waals surface area contributed by atoms with Crippen LogP contribution in [0.3, 0.4) is 0 Å². The lowest BCUT2D eigenvalue weighted by Crippen LogP contribution is -2.30. The van der Waals surface area contributed by atoms with Gasteiger partial charge in [0.05, 0.1) is 5.69 Å². The fourth-order valence-corrected chi connectivity index (χ4v) is 3.26. The summed E-state index contributed by atoms with van der Waals surface area (Å²) in [4.78, 5) is 25.7. The highest BCUT2D eigenvalue weighted by atomic mass is 19.1. The number of Topliss-reactive ketones (excluding diaryl/α,β-unsaturated/α-hetero) is 1. The predicted octanol–water partition coefficient (Wildman–Crippen LogP) is 4.52. The number of carbonyl (C=O) groups is 1. The topological polar surface area (TPSA) is 52.0 Å². The SMILES string of the molecule is O=C(Cn1nc(-c2ccccc2)cc(Cc2ccccc2)c1=O)c1ccc(F)cc1. The fourth-order valence-electron chi connectivity index (χ4n) is 3.26. The molecule has 0 spiro atoms. The number of halogens is 1. The van der Waals surface area contributed by atoms with Crippen molar-refractivity contribution in [3.63, 3.8) is 0 Å². The molecule has 0 aliphatic rings. The molecule has 0 atom stereocenters. The third kappa shape index (κ3) is 4.41. The van der Waals surface area contributed by atoms with Gasteiger partial charge in [0.2, 0.25) is 0 Å². The first-order chi connectivity index (χ1) is 14.6. The maximum Gasteiger partial charge on any atom is 0.270 e. The Hall–Kier alpha value is -3.86. The summed E-state index contributed by atoms with van der Waals surface area (Å²) in [5.41, 5.74) is 3.05. The zero-order chi connectivity index (χ0) is 20.9. The first kappa shape index (κ1) is 19.5. The molecule has 0 amide bonds. The Bertz CT molecular complexity index is 1220. The Morgan fingerprint density at radius 3 is 2.17 bits per heavy atom. The zero-order valence-corrected chi connectivity index (χ0v) is 16.2. The molecule has 0 saturated carbocycles. The molecule has 3 aromatic carbocycles. The van der Waals surface area contributed by atoms with Gasteiger partial charge in [-0.05, 0) is 35.9 Å². The summed E-state index contributed by atoms with van der Waals surface area (Å²) in [7, 11) is 0. The minimum absolute atomic E-state index is 0.215. The molecule has 0 radical (unpaired) electrons. The van der Waals surface area contributed by atoms with Crippen molar-refractivity contribution in [3.8, 4) is 11.3 Å². The standard InChI is InChI=1S/C25H19FN2O2/c26-22-13-11-20(12-14-22)24(29)17-28-25(30)21(15-18-7-3-1-4-8-18)16-23(27-28)19-9-5-2-6-10-19/h1-14,16H,15,17H2. The average molecular weight is 398 g/mol. The van der Waals surface area contributed by atoms with Gasteiger partial charge < -0.3 is 0 Å². The summed E-state index contributed by atoms with van der Waals surface area (Å²) in [6.45, 7) is -0.215. The van der Waals surface area contributed by atoms with Gasteiger partial charge in [0.1, 0.15) is 12.4 Å². The van der Waals surface area contributed by atoms with Crippen LogP contribution in [0.25, 0.3) is 11.3 Å². The van der Waals surface area contributed by atoms with E-state index in [1.807, 2.05) is 60.7 Å². The quantitative estimate of drug-likeness (QED) is 0.449. The summed E-state index contributed by atoms with van der Waals surface area (Å²) < 4.78 is 14.4. The van der Waals surface area contributed by atoms with Gasteiger partial charge in [-0.3, -0.25) is 9.59 Å². The van der Waals surface area contributed by atoms with Crippen molar-refractivity contribution in [2.24, 2.45) is 0 Å². The Morgan fingerprint density at radius 1 is 0.867 bits per heavy atom. The highest BCUT2D eigenvalue weighted by Gasteiger charge is 2.14. The lowest BCUT2D eigenvalue weighted by atomic mass is 10.0. The third-order valence-electron chi connectivity index (χ3n) is 4.82. The summed E-state index contributed by atoms with van der Waals surface area (Å²) >= 11 is 0. The summed E-state index contributed by atoms with van der Waals surface area (Å²) in [5.74, 6) is -0.724. The van der Waals surface area contributed by atoms with Crippen LogP contribution in [0.15, 0.2) is 95.8 Å². The van der Waals surface area contributed by atoms with Crippen LogP contribution in [0, 0.1) is 5.82 Å². The molecule has 0 unspecified atom stereocenters. The number of nitrogens with zero attached hydrogens (tertiary/aromatic N) is 2. The first-order valence-electron chi connectivity index (χ1n) is 9.59. The Balaban J connectivity index is 1.74. The molecule has 0 aliphatic carbocycles. The second kappa shape index (κ2) is 8.66. The highest BCUT2D eigenvalue weighted by molar-refractivity contribution is 5.95. The summed E-state index contributed by atoms with van der Waals surface area (Å²) in [5, 5.41) is 4.44. The van der Waals surface area contributed by atoms with Crippen molar-refractivity contribution in [2.75, 3.05) is 0 Å². The molecule has 5 heteroatoms. The summed E-state index contributed by atoms with van der Waals surface area (Å²) in [6.07, 6.45) is 0.437. The van der Waals surface area contributed by atoms with Gasteiger partial charge in [0, 0.05) is 23.1 Å². The van der Waals surface area contributed by atoms with Crippen molar-refractivity contribution in [3.05, 3.63) is 124 Å². The number of carbonyl (C=O) groups excluding carboxylic acids is 1. The molecule has 0 aliphatic heterocycles. The molecule has 0 fully saturated rings. The lowest BCUT2D eigenvalue weighted by Gasteiger charge is -2.11. The van der Waals surface area contributed by atoms with Crippen molar-refractivity contribution >= 4 is 5.78 Å². The zero-order valence-electron chi connectivity index (χ0n) is 16.2. The van der Waals surface area contributed by atoms with Crippen molar-refractivity contribution < 1.29 is 9.18 Å². The maximum absolute atomic E-state index is 13.2. The largest absolute Gasteiger partial charge is 0.292 e. The average Bonchev–Trinajstić information content (AvgIpc) is 2.78. The number of hydrogen-bond donors (Lipinski definition) is 0. The van der Waals surface area contributed by atoms with Crippen LogP contribution in [-0.4, -0.2) is 15.6 Å². The Labute approximate surface area is 173 Å². The third-order valence-corrected chi connectivity index (χ3v) is 4.82. The minimum atomic E-state index is -0.418. The van der Waals surface area contributed by atoms with E-state index < -0.39 is 5.82 Å². The number of aromatic nitrogens is 2. The normalized spacial score (nSPS) is 10.7. The van der Waals surface area contributed by atoms with Gasteiger partial charge in [-0.15, -0.1) is 0 Å². The molecule has 0 bridgehead atoms. The van der Waals surface area contributed by atoms with Gasteiger partial charge in [-0.25, -0.2) is 9.07 Å². The van der Waals surface area contributed by atoms with E-state index in [0.29, 0.717) is 23.2 Å². The number of ketones is 1. The van der Waals surface area contributed by atoms with E-state index in [0.717, 1.165) is 11.1 Å². The molecule has 4 nitrogen and oxygen atoms in total. The Kier molecular flexibility index (Phi) is 5.61. The fraction of sp³-hybridized carbons (Fsp3) is 0.0800. The van der Waals surface area contributed by atoms with Crippen molar-refractivity contribution in [1.29, 1.82) is 0 Å². The van der Waals surface area contributed by atoms with Gasteiger partial charge in [0.25, 0.3) is 5.56 Å². The van der Waals surface area contributed by atoms with Crippen molar-refractivity contribution in [2.45, 2.75) is 13.0 Å². The number of hydrogen-bond acceptors (Lipinski definition) is 3. The summed E-state index contributed by atoms with van der Waals surface area (Å²) in [6, 6.07) is 26.2. The van der Waals surface area contributed by atoms with Gasteiger partial charge in [0.15, 0.2) is 5.78 Å². The van der Waals surface area contributed by atoms with E-state index in [9.17, 15) is 14.0 Å². The van der Waals surface area contributed by atoms with Crippen LogP contribution in [0.4, 0.5) is 4.39 Å². The molecular formula is C25H19FN2O2. The van der Waals surface area contributed by atoms with Crippen molar-refractivity contribution in [1.82, 2.24) is 9.78 Å². The van der Waals surface area contributed by atoms with Crippen LogP contribution >= 0.6 is 0 Å². The van der Waals surface area contributed by atoms with Crippen LogP contribution < -0.4 is 5.56 Å². The second-order valence-corrected chi connectivity index (χ2v) is 6.98. The molecule has 1 aromatic heterocycles. The van der Waals surface area contributed by atoms with E-state index in [-0.39, 0.29) is 17.9 Å². The van der Waals surface area contributed by atoms with Gasteiger partial charge in [-0.2, -0.15) is 5.10 Å². The molecule has 4 rings (SSSR count). The van der Waals surface area contributed by atoms with Crippen LogP contribution in [-0.2, 0) is 13.0 Å². The molecular weight excluding hydrogens is 379 g/mol. The van der Waals surface area contributed by atoms with Crippen LogP contribution in [0.5, 0.6) is 0 Å². The molecule has 148 valence electrons. The monoisotopic (exact) mass is 398 g/mol. The predicted molar refractivity (Wildman–Crippen MR) is 114 cm³/mol. The maximum atomic E-state index is 13.2. The molecule has 0 saturated heterocycles. The molecule has 30 heavy (non-hydrogen) atoms. The highest BCUT2D eigenvalue weighted by Crippen LogP contribution is 2.17. The van der Waals surface area contributed by atoms with E-state index in [1.54, 1.807) is 6.07 Å². The Morgan fingerprint density at radius 2 is 1.50 bits per heavy atom. The number of benzene rings is 3. The lowest BCUT2D eigenvalue weighted by molar-refractivity contribution is 0.0965. The molecule has 1 heterocycles. The van der Waals surface area contributed by atoms with E-state index in [4.69, 9.17) is 0 Å². The molecule has 0 N–H and O–H groups in total. The van der Waals surface area contributed by atoms with E-state index >= 15 is 0 Å². The van der Waals surface area contributed by atoms with Crippen LogP contribution in [0.2, 0.25) is 0 Å². The smallest absolute Gasteiger partial charge is 0.270 e. The number of rotatable bonds is 6. The van der Waals surface area contributed by atoms with E-state index in [2.05, 4.69) is 5.10 Å². The molecule has 4 aromatic rings. The first-order valence-corrected chi connectivity index (χ1v) is 9.59. The van der Waals surface area contributed by atoms with E-state index in [1.165, 1.54) is 28.9 Å². The minimum Gasteiger partial charge on any atom is -0.292 e. The van der Waals surface area contributed by atoms with Crippen LogP contribution in [0.1, 0.15) is 21.5 Å². The second-order valence-electron chi connectivity index (χ2n) is 6.98.